The van der Waals surface area contributed by atoms with Gasteiger partial charge in [0.25, 0.3) is 5.91 Å². The van der Waals surface area contributed by atoms with Crippen LogP contribution < -0.4 is 4.74 Å². The van der Waals surface area contributed by atoms with Crippen LogP contribution in [0.5, 0.6) is 5.75 Å². The lowest BCUT2D eigenvalue weighted by atomic mass is 9.74. The molecule has 7 heteroatoms. The highest BCUT2D eigenvalue weighted by Crippen LogP contribution is 2.48. The summed E-state index contributed by atoms with van der Waals surface area (Å²) in [6.07, 6.45) is 0. The van der Waals surface area contributed by atoms with Crippen molar-refractivity contribution in [1.82, 2.24) is 4.90 Å². The molecule has 2 aliphatic rings. The number of aliphatic carboxylic acids is 1. The van der Waals surface area contributed by atoms with E-state index in [9.17, 15) is 19.1 Å². The number of nitrogens with zero attached hydrogens (tertiary/aromatic N) is 1. The van der Waals surface area contributed by atoms with Crippen molar-refractivity contribution in [3.8, 4) is 5.75 Å². The quantitative estimate of drug-likeness (QED) is 0.906. The van der Waals surface area contributed by atoms with Gasteiger partial charge in [0.15, 0.2) is 0 Å². The largest absolute Gasteiger partial charge is 0.496 e. The Hall–Kier alpha value is -2.15. The van der Waals surface area contributed by atoms with Gasteiger partial charge in [0.05, 0.1) is 32.3 Å². The maximum atomic E-state index is 15.0. The molecule has 1 aromatic carbocycles. The van der Waals surface area contributed by atoms with Crippen LogP contribution in [0.3, 0.4) is 0 Å². The van der Waals surface area contributed by atoms with Crippen LogP contribution in [0.2, 0.25) is 0 Å². The van der Waals surface area contributed by atoms with E-state index in [1.807, 2.05) is 6.92 Å². The lowest BCUT2D eigenvalue weighted by molar-refractivity contribution is -0.192. The summed E-state index contributed by atoms with van der Waals surface area (Å²) in [5.74, 6) is -1.39. The summed E-state index contributed by atoms with van der Waals surface area (Å²) in [5.41, 5.74) is -2.41. The third-order valence-corrected chi connectivity index (χ3v) is 4.78. The highest BCUT2D eigenvalue weighted by molar-refractivity contribution is 5.96. The van der Waals surface area contributed by atoms with Crippen LogP contribution in [0.1, 0.15) is 15.9 Å². The Morgan fingerprint density at radius 3 is 2.52 bits per heavy atom. The summed E-state index contributed by atoms with van der Waals surface area (Å²) in [6, 6.07) is 4.95. The number of rotatable bonds is 3. The Bertz CT molecular complexity index is 672. The lowest BCUT2D eigenvalue weighted by Crippen LogP contribution is -2.60. The molecule has 1 spiro atoms. The molecule has 3 rings (SSSR count). The molecule has 0 saturated carbocycles. The Labute approximate surface area is 132 Å². The normalized spacial score (nSPS) is 25.3. The van der Waals surface area contributed by atoms with Gasteiger partial charge in [-0.2, -0.15) is 0 Å². The van der Waals surface area contributed by atoms with E-state index in [2.05, 4.69) is 0 Å². The van der Waals surface area contributed by atoms with Crippen molar-refractivity contribution < 1.29 is 28.6 Å². The number of hydrogen-bond donors (Lipinski definition) is 1. The predicted octanol–water partition coefficient (Wildman–Crippen LogP) is 1.27. The first-order chi connectivity index (χ1) is 10.8. The average molecular weight is 323 g/mol. The van der Waals surface area contributed by atoms with Gasteiger partial charge < -0.3 is 19.5 Å². The van der Waals surface area contributed by atoms with Crippen molar-refractivity contribution in [2.45, 2.75) is 12.6 Å². The maximum Gasteiger partial charge on any atom is 0.344 e. The fraction of sp³-hybridized carbons (Fsp3) is 0.500. The molecule has 0 aliphatic carbocycles. The summed E-state index contributed by atoms with van der Waals surface area (Å²) in [5, 5.41) is 9.27. The fourth-order valence-electron chi connectivity index (χ4n) is 3.22. The molecule has 1 N–H and O–H groups in total. The Kier molecular flexibility index (Phi) is 3.55. The van der Waals surface area contributed by atoms with Crippen LogP contribution >= 0.6 is 0 Å². The zero-order chi connectivity index (χ0) is 16.8. The van der Waals surface area contributed by atoms with Crippen LogP contribution in [0.25, 0.3) is 0 Å². The summed E-state index contributed by atoms with van der Waals surface area (Å²) >= 11 is 0. The van der Waals surface area contributed by atoms with E-state index in [1.165, 1.54) is 12.0 Å². The molecule has 124 valence electrons. The zero-order valence-electron chi connectivity index (χ0n) is 13.0. The molecule has 0 unspecified atom stereocenters. The lowest BCUT2D eigenvalue weighted by Gasteiger charge is -2.43. The Morgan fingerprint density at radius 1 is 1.35 bits per heavy atom. The topological polar surface area (TPSA) is 76.1 Å². The van der Waals surface area contributed by atoms with Crippen LogP contribution in [0.4, 0.5) is 4.39 Å². The second kappa shape index (κ2) is 5.19. The molecule has 0 radical (unpaired) electrons. The van der Waals surface area contributed by atoms with Gasteiger partial charge in [0.1, 0.15) is 5.75 Å². The van der Waals surface area contributed by atoms with E-state index in [0.717, 1.165) is 5.56 Å². The third-order valence-electron chi connectivity index (χ3n) is 4.78. The van der Waals surface area contributed by atoms with Crippen molar-refractivity contribution in [3.05, 3.63) is 29.3 Å². The number of hydrogen-bond acceptors (Lipinski definition) is 4. The van der Waals surface area contributed by atoms with Gasteiger partial charge in [0.2, 0.25) is 5.67 Å². The van der Waals surface area contributed by atoms with E-state index in [-0.39, 0.29) is 19.8 Å². The minimum atomic E-state index is -2.48. The van der Waals surface area contributed by atoms with E-state index in [0.29, 0.717) is 11.3 Å². The molecule has 6 nitrogen and oxygen atoms in total. The van der Waals surface area contributed by atoms with Crippen LogP contribution in [0.15, 0.2) is 18.2 Å². The van der Waals surface area contributed by atoms with E-state index in [1.54, 1.807) is 18.2 Å². The Morgan fingerprint density at radius 2 is 2.04 bits per heavy atom. The van der Waals surface area contributed by atoms with Gasteiger partial charge in [-0.25, -0.2) is 9.18 Å². The summed E-state index contributed by atoms with van der Waals surface area (Å²) in [4.78, 5) is 25.3. The zero-order valence-corrected chi connectivity index (χ0v) is 13.0. The second-order valence-corrected chi connectivity index (χ2v) is 6.23. The number of alkyl halides is 1. The standard InChI is InChI=1S/C16H18FNO5/c1-10-3-4-11(5-12(10)22-2)13(19)18-6-15(8-23-9-15)16(17,7-18)14(20)21/h3-5H,6-9H2,1-2H3,(H,20,21)/t16-/m1/s1. The number of carboxylic acid groups (broad SMARTS) is 1. The van der Waals surface area contributed by atoms with Crippen molar-refractivity contribution >= 4 is 11.9 Å². The maximum absolute atomic E-state index is 15.0. The molecular weight excluding hydrogens is 305 g/mol. The number of carbonyl (C=O) groups excluding carboxylic acids is 1. The van der Waals surface area contributed by atoms with Gasteiger partial charge in [0, 0.05) is 12.1 Å². The first-order valence-corrected chi connectivity index (χ1v) is 7.27. The Balaban J connectivity index is 1.88. The SMILES string of the molecule is COc1cc(C(=O)N2CC3(COC3)[C@](F)(C(=O)O)C2)ccc1C. The monoisotopic (exact) mass is 323 g/mol. The molecule has 2 fully saturated rings. The molecule has 2 aliphatic heterocycles. The van der Waals surface area contributed by atoms with Gasteiger partial charge in [-0.05, 0) is 24.6 Å². The molecule has 0 aromatic heterocycles. The van der Waals surface area contributed by atoms with Crippen molar-refractivity contribution in [2.24, 2.45) is 5.41 Å². The first kappa shape index (κ1) is 15.7. The number of carbonyl (C=O) groups is 2. The van der Waals surface area contributed by atoms with Crippen molar-refractivity contribution in [1.29, 1.82) is 0 Å². The second-order valence-electron chi connectivity index (χ2n) is 6.23. The third kappa shape index (κ3) is 2.18. The van der Waals surface area contributed by atoms with Crippen molar-refractivity contribution in [3.63, 3.8) is 0 Å². The smallest absolute Gasteiger partial charge is 0.344 e. The summed E-state index contributed by atoms with van der Waals surface area (Å²) in [7, 11) is 1.50. The number of benzene rings is 1. The first-order valence-electron chi connectivity index (χ1n) is 7.27. The molecule has 0 bridgehead atoms. The van der Waals surface area contributed by atoms with Gasteiger partial charge in [-0.15, -0.1) is 0 Å². The average Bonchev–Trinajstić information content (AvgIpc) is 2.82. The van der Waals surface area contributed by atoms with E-state index < -0.39 is 29.5 Å². The number of carboxylic acids is 1. The summed E-state index contributed by atoms with van der Waals surface area (Å²) < 4.78 is 25.2. The van der Waals surface area contributed by atoms with E-state index >= 15 is 0 Å². The number of ether oxygens (including phenoxy) is 2. The minimum absolute atomic E-state index is 0.0107. The number of methoxy groups -OCH3 is 1. The molecule has 1 amide bonds. The number of aryl methyl sites for hydroxylation is 1. The van der Waals surface area contributed by atoms with E-state index in [4.69, 9.17) is 9.47 Å². The summed E-state index contributed by atoms with van der Waals surface area (Å²) in [6.45, 7) is 1.43. The van der Waals surface area contributed by atoms with Crippen molar-refractivity contribution in [2.75, 3.05) is 33.4 Å². The van der Waals surface area contributed by atoms with Gasteiger partial charge in [-0.3, -0.25) is 4.79 Å². The predicted molar refractivity (Wildman–Crippen MR) is 78.4 cm³/mol. The van der Waals surface area contributed by atoms with Crippen LogP contribution in [0, 0.1) is 12.3 Å². The fourth-order valence-corrected chi connectivity index (χ4v) is 3.22. The molecule has 2 heterocycles. The molecule has 2 saturated heterocycles. The minimum Gasteiger partial charge on any atom is -0.496 e. The van der Waals surface area contributed by atoms with Gasteiger partial charge >= 0.3 is 5.97 Å². The highest BCUT2D eigenvalue weighted by Gasteiger charge is 2.68. The molecular formula is C16H18FNO5. The number of likely N-dealkylation sites (tertiary alicyclic amines) is 1. The van der Waals surface area contributed by atoms with Crippen LogP contribution in [-0.2, 0) is 9.53 Å². The van der Waals surface area contributed by atoms with Gasteiger partial charge in [-0.1, -0.05) is 6.07 Å². The molecule has 1 atom stereocenters. The van der Waals surface area contributed by atoms with Crippen LogP contribution in [-0.4, -0.2) is 61.0 Å². The molecule has 1 aromatic rings. The molecule has 23 heavy (non-hydrogen) atoms. The number of halogens is 1. The number of amides is 1. The highest BCUT2D eigenvalue weighted by atomic mass is 19.1.